The molecule has 1 aliphatic heterocycles. The lowest BCUT2D eigenvalue weighted by atomic mass is 10.1. The van der Waals surface area contributed by atoms with Crippen LogP contribution in [0.25, 0.3) is 0 Å². The number of carbonyl (C=O) groups is 1. The Hall–Kier alpha value is -2.70. The molecule has 24 heavy (non-hydrogen) atoms. The van der Waals surface area contributed by atoms with E-state index in [1.54, 1.807) is 42.4 Å². The molecule has 1 unspecified atom stereocenters. The van der Waals surface area contributed by atoms with Crippen molar-refractivity contribution < 1.29 is 9.18 Å². The fraction of sp³-hybridized carbons (Fsp3) is 0.353. The second-order valence-corrected chi connectivity index (χ2v) is 5.95. The highest BCUT2D eigenvalue weighted by Gasteiger charge is 2.29. The number of carbonyl (C=O) groups excluding carboxylic acids is 1. The van der Waals surface area contributed by atoms with E-state index in [4.69, 9.17) is 0 Å². The second kappa shape index (κ2) is 6.43. The lowest BCUT2D eigenvalue weighted by Gasteiger charge is -2.40. The average Bonchev–Trinajstić information content (AvgIpc) is 2.56. The van der Waals surface area contributed by atoms with Gasteiger partial charge in [-0.05, 0) is 31.2 Å². The maximum atomic E-state index is 13.3. The zero-order valence-corrected chi connectivity index (χ0v) is 13.6. The highest BCUT2D eigenvalue weighted by Crippen LogP contribution is 2.19. The summed E-state index contributed by atoms with van der Waals surface area (Å²) in [5.41, 5.74) is -0.131. The third-order valence-electron chi connectivity index (χ3n) is 4.26. The van der Waals surface area contributed by atoms with Gasteiger partial charge >= 0.3 is 0 Å². The van der Waals surface area contributed by atoms with Crippen LogP contribution in [-0.4, -0.2) is 46.0 Å². The van der Waals surface area contributed by atoms with Crippen LogP contribution >= 0.6 is 0 Å². The van der Waals surface area contributed by atoms with Crippen molar-refractivity contribution >= 4 is 11.7 Å². The van der Waals surface area contributed by atoms with E-state index in [0.717, 1.165) is 0 Å². The van der Waals surface area contributed by atoms with Gasteiger partial charge in [0.1, 0.15) is 11.4 Å². The Balaban J connectivity index is 1.77. The summed E-state index contributed by atoms with van der Waals surface area (Å²) >= 11 is 0. The van der Waals surface area contributed by atoms with E-state index >= 15 is 0 Å². The van der Waals surface area contributed by atoms with Crippen molar-refractivity contribution in [2.45, 2.75) is 13.0 Å². The lowest BCUT2D eigenvalue weighted by molar-refractivity contribution is 0.0723. The van der Waals surface area contributed by atoms with Crippen molar-refractivity contribution in [1.29, 1.82) is 0 Å². The van der Waals surface area contributed by atoms with E-state index in [0.29, 0.717) is 25.5 Å². The Labute approximate surface area is 139 Å². The monoisotopic (exact) mass is 330 g/mol. The number of aryl methyl sites for hydroxylation is 1. The fourth-order valence-corrected chi connectivity index (χ4v) is 2.97. The van der Waals surface area contributed by atoms with E-state index in [-0.39, 0.29) is 23.1 Å². The number of piperazine rings is 1. The Morgan fingerprint density at radius 2 is 2.04 bits per heavy atom. The van der Waals surface area contributed by atoms with E-state index in [9.17, 15) is 14.0 Å². The molecule has 0 spiro atoms. The number of hydrogen-bond donors (Lipinski definition) is 0. The molecule has 126 valence electrons. The van der Waals surface area contributed by atoms with Gasteiger partial charge < -0.3 is 14.4 Å². The molecule has 3 rings (SSSR count). The predicted molar refractivity (Wildman–Crippen MR) is 88.6 cm³/mol. The molecule has 2 aromatic rings. The van der Waals surface area contributed by atoms with Gasteiger partial charge in [0.2, 0.25) is 5.95 Å². The molecule has 0 aromatic carbocycles. The third kappa shape index (κ3) is 3.02. The topological polar surface area (TPSA) is 58.4 Å². The first-order chi connectivity index (χ1) is 11.5. The maximum absolute atomic E-state index is 13.3. The van der Waals surface area contributed by atoms with Crippen LogP contribution in [0.15, 0.2) is 41.3 Å². The van der Waals surface area contributed by atoms with Crippen LogP contribution in [0.4, 0.5) is 10.2 Å². The highest BCUT2D eigenvalue weighted by atomic mass is 19.1. The molecule has 0 saturated carbocycles. The predicted octanol–water partition coefficient (Wildman–Crippen LogP) is 1.27. The summed E-state index contributed by atoms with van der Waals surface area (Å²) in [4.78, 5) is 32.3. The largest absolute Gasteiger partial charge is 0.350 e. The Kier molecular flexibility index (Phi) is 4.33. The fourth-order valence-electron chi connectivity index (χ4n) is 2.97. The van der Waals surface area contributed by atoms with Gasteiger partial charge in [0, 0.05) is 38.9 Å². The molecule has 0 N–H and O–H groups in total. The van der Waals surface area contributed by atoms with Crippen molar-refractivity contribution in [3.05, 3.63) is 58.4 Å². The molecule has 1 atom stereocenters. The zero-order valence-electron chi connectivity index (χ0n) is 13.6. The molecular weight excluding hydrogens is 311 g/mol. The summed E-state index contributed by atoms with van der Waals surface area (Å²) in [5.74, 6) is -0.230. The van der Waals surface area contributed by atoms with Crippen LogP contribution in [-0.2, 0) is 7.05 Å². The molecule has 3 heterocycles. The van der Waals surface area contributed by atoms with Gasteiger partial charge in [0.15, 0.2) is 0 Å². The minimum absolute atomic E-state index is 0.0236. The van der Waals surface area contributed by atoms with Gasteiger partial charge in [-0.15, -0.1) is 0 Å². The molecule has 1 saturated heterocycles. The van der Waals surface area contributed by atoms with Crippen LogP contribution < -0.4 is 10.5 Å². The molecular formula is C17H19FN4O2. The van der Waals surface area contributed by atoms with Crippen molar-refractivity contribution in [1.82, 2.24) is 14.5 Å². The first kappa shape index (κ1) is 16.2. The molecule has 2 aromatic heterocycles. The summed E-state index contributed by atoms with van der Waals surface area (Å²) in [6, 6.07) is 7.89. The number of nitrogens with zero attached hydrogens (tertiary/aromatic N) is 4. The SMILES string of the molecule is CC1CN(C(=O)c2cccn(C)c2=O)CCN1c1cccc(F)n1. The first-order valence-electron chi connectivity index (χ1n) is 7.81. The zero-order chi connectivity index (χ0) is 17.3. The summed E-state index contributed by atoms with van der Waals surface area (Å²) in [6.07, 6.45) is 1.62. The average molecular weight is 330 g/mol. The van der Waals surface area contributed by atoms with Crippen molar-refractivity contribution in [2.75, 3.05) is 24.5 Å². The normalized spacial score (nSPS) is 17.9. The smallest absolute Gasteiger partial charge is 0.263 e. The highest BCUT2D eigenvalue weighted by molar-refractivity contribution is 5.94. The van der Waals surface area contributed by atoms with Crippen molar-refractivity contribution in [3.63, 3.8) is 0 Å². The Bertz CT molecular complexity index is 820. The molecule has 0 bridgehead atoms. The summed E-state index contributed by atoms with van der Waals surface area (Å²) < 4.78 is 14.7. The van der Waals surface area contributed by atoms with Gasteiger partial charge in [-0.25, -0.2) is 4.98 Å². The van der Waals surface area contributed by atoms with Gasteiger partial charge in [0.25, 0.3) is 11.5 Å². The van der Waals surface area contributed by atoms with Gasteiger partial charge in [-0.1, -0.05) is 6.07 Å². The number of halogens is 1. The van der Waals surface area contributed by atoms with Crippen LogP contribution in [0.3, 0.4) is 0 Å². The molecule has 0 radical (unpaired) electrons. The Morgan fingerprint density at radius 3 is 2.75 bits per heavy atom. The standard InChI is InChI=1S/C17H19FN4O2/c1-12-11-21(17(24)13-5-4-8-20(2)16(13)23)9-10-22(12)15-7-3-6-14(18)19-15/h3-8,12H,9-11H2,1-2H3. The summed E-state index contributed by atoms with van der Waals surface area (Å²) in [6.45, 7) is 3.40. The van der Waals surface area contributed by atoms with E-state index < -0.39 is 5.95 Å². The van der Waals surface area contributed by atoms with Crippen LogP contribution in [0, 0.1) is 5.95 Å². The number of hydrogen-bond acceptors (Lipinski definition) is 4. The quantitative estimate of drug-likeness (QED) is 0.778. The Morgan fingerprint density at radius 1 is 1.25 bits per heavy atom. The van der Waals surface area contributed by atoms with Crippen molar-refractivity contribution in [3.8, 4) is 0 Å². The third-order valence-corrected chi connectivity index (χ3v) is 4.26. The minimum Gasteiger partial charge on any atom is -0.350 e. The molecule has 0 aliphatic carbocycles. The maximum Gasteiger partial charge on any atom is 0.263 e. The minimum atomic E-state index is -0.522. The van der Waals surface area contributed by atoms with E-state index in [1.807, 2.05) is 11.8 Å². The molecule has 1 amide bonds. The number of anilines is 1. The number of aromatic nitrogens is 2. The van der Waals surface area contributed by atoms with Gasteiger partial charge in [0.05, 0.1) is 0 Å². The van der Waals surface area contributed by atoms with Gasteiger partial charge in [-0.3, -0.25) is 9.59 Å². The number of amides is 1. The van der Waals surface area contributed by atoms with Gasteiger partial charge in [-0.2, -0.15) is 4.39 Å². The molecule has 1 fully saturated rings. The summed E-state index contributed by atoms with van der Waals surface area (Å²) in [7, 11) is 1.62. The van der Waals surface area contributed by atoms with Crippen molar-refractivity contribution in [2.24, 2.45) is 7.05 Å². The van der Waals surface area contributed by atoms with E-state index in [2.05, 4.69) is 4.98 Å². The van der Waals surface area contributed by atoms with E-state index in [1.165, 1.54) is 10.6 Å². The van der Waals surface area contributed by atoms with Crippen LogP contribution in [0.2, 0.25) is 0 Å². The summed E-state index contributed by atoms with van der Waals surface area (Å²) in [5, 5.41) is 0. The molecule has 1 aliphatic rings. The lowest BCUT2D eigenvalue weighted by Crippen LogP contribution is -2.54. The number of pyridine rings is 2. The molecule has 6 nitrogen and oxygen atoms in total. The number of rotatable bonds is 2. The molecule has 7 heteroatoms. The first-order valence-corrected chi connectivity index (χ1v) is 7.81. The van der Waals surface area contributed by atoms with Crippen LogP contribution in [0.5, 0.6) is 0 Å². The van der Waals surface area contributed by atoms with Crippen LogP contribution in [0.1, 0.15) is 17.3 Å². The second-order valence-electron chi connectivity index (χ2n) is 5.95.